The van der Waals surface area contributed by atoms with Crippen molar-refractivity contribution in [3.8, 4) is 11.4 Å². The highest BCUT2D eigenvalue weighted by atomic mass is 35.5. The molecule has 1 heterocycles. The first-order valence-corrected chi connectivity index (χ1v) is 6.94. The third-order valence-electron chi connectivity index (χ3n) is 2.84. The Hall–Kier alpha value is -1.55. The van der Waals surface area contributed by atoms with E-state index in [1.807, 2.05) is 35.9 Å². The van der Waals surface area contributed by atoms with E-state index in [0.717, 1.165) is 22.8 Å². The molecule has 0 saturated heterocycles. The van der Waals surface area contributed by atoms with E-state index in [-0.39, 0.29) is 0 Å². The average Bonchev–Trinajstić information content (AvgIpc) is 2.84. The molecule has 0 spiro atoms. The zero-order valence-corrected chi connectivity index (χ0v) is 12.2. The molecule has 2 aromatic rings. The Morgan fingerprint density at radius 1 is 1.26 bits per heavy atom. The van der Waals surface area contributed by atoms with Crippen molar-refractivity contribution < 1.29 is 4.74 Å². The van der Waals surface area contributed by atoms with Crippen molar-refractivity contribution in [2.24, 2.45) is 0 Å². The van der Waals surface area contributed by atoms with E-state index in [0.29, 0.717) is 18.4 Å². The summed E-state index contributed by atoms with van der Waals surface area (Å²) in [6.07, 6.45) is 0. The lowest BCUT2D eigenvalue weighted by molar-refractivity contribution is 0.340. The molecular formula is C14H18ClN3O. The number of ether oxygens (including phenoxy) is 1. The average molecular weight is 280 g/mol. The van der Waals surface area contributed by atoms with E-state index in [1.54, 1.807) is 0 Å². The minimum atomic E-state index is 0.315. The fraction of sp³-hybridized carbons (Fsp3) is 0.429. The summed E-state index contributed by atoms with van der Waals surface area (Å²) in [5.74, 6) is 1.55. The Balaban J connectivity index is 2.38. The largest absolute Gasteiger partial charge is 0.494 e. The van der Waals surface area contributed by atoms with Gasteiger partial charge >= 0.3 is 0 Å². The van der Waals surface area contributed by atoms with Crippen LogP contribution in [0, 0.1) is 0 Å². The van der Waals surface area contributed by atoms with Crippen LogP contribution in [0.5, 0.6) is 5.75 Å². The summed E-state index contributed by atoms with van der Waals surface area (Å²) in [5, 5.41) is 8.34. The molecule has 0 amide bonds. The molecule has 4 nitrogen and oxygen atoms in total. The maximum absolute atomic E-state index is 5.91. The molecule has 0 N–H and O–H groups in total. The van der Waals surface area contributed by atoms with E-state index >= 15 is 0 Å². The number of hydrogen-bond acceptors (Lipinski definition) is 3. The molecule has 0 aliphatic carbocycles. The van der Waals surface area contributed by atoms with Crippen LogP contribution in [0.4, 0.5) is 0 Å². The summed E-state index contributed by atoms with van der Waals surface area (Å²) in [6.45, 7) is 6.85. The van der Waals surface area contributed by atoms with Crippen LogP contribution in [0.2, 0.25) is 0 Å². The molecule has 0 atom stereocenters. The monoisotopic (exact) mass is 279 g/mol. The van der Waals surface area contributed by atoms with Gasteiger partial charge in [0.15, 0.2) is 0 Å². The molecule has 0 saturated carbocycles. The zero-order valence-electron chi connectivity index (χ0n) is 11.4. The van der Waals surface area contributed by atoms with Crippen molar-refractivity contribution in [1.82, 2.24) is 15.0 Å². The summed E-state index contributed by atoms with van der Waals surface area (Å²) in [5.41, 5.74) is 2.86. The molecule has 0 aliphatic rings. The number of aromatic nitrogens is 3. The smallest absolute Gasteiger partial charge is 0.119 e. The number of alkyl halides is 1. The molecule has 102 valence electrons. The van der Waals surface area contributed by atoms with Gasteiger partial charge in [0.05, 0.1) is 23.9 Å². The lowest BCUT2D eigenvalue weighted by Crippen LogP contribution is -2.05. The molecule has 0 aliphatic heterocycles. The number of hydrogen-bond donors (Lipinski definition) is 0. The van der Waals surface area contributed by atoms with Gasteiger partial charge < -0.3 is 4.74 Å². The second-order valence-corrected chi connectivity index (χ2v) is 4.82. The Morgan fingerprint density at radius 2 is 1.95 bits per heavy atom. The predicted molar refractivity (Wildman–Crippen MR) is 76.2 cm³/mol. The van der Waals surface area contributed by atoms with Gasteiger partial charge in [-0.1, -0.05) is 19.1 Å². The highest BCUT2D eigenvalue weighted by Crippen LogP contribution is 2.23. The predicted octanol–water partition coefficient (Wildman–Crippen LogP) is 3.53. The van der Waals surface area contributed by atoms with Crippen LogP contribution in [0.15, 0.2) is 24.3 Å². The molecule has 0 radical (unpaired) electrons. The fourth-order valence-corrected chi connectivity index (χ4v) is 2.22. The third kappa shape index (κ3) is 2.89. The Labute approximate surface area is 118 Å². The minimum Gasteiger partial charge on any atom is -0.494 e. The molecular weight excluding hydrogens is 262 g/mol. The summed E-state index contributed by atoms with van der Waals surface area (Å²) in [7, 11) is 0. The van der Waals surface area contributed by atoms with Gasteiger partial charge in [0, 0.05) is 0 Å². The van der Waals surface area contributed by atoms with Crippen LogP contribution >= 0.6 is 11.6 Å². The first-order valence-electron chi connectivity index (χ1n) is 6.41. The quantitative estimate of drug-likeness (QED) is 0.786. The summed E-state index contributed by atoms with van der Waals surface area (Å²) in [4.78, 5) is 0. The van der Waals surface area contributed by atoms with Crippen LogP contribution in [0.25, 0.3) is 5.69 Å². The Kier molecular flexibility index (Phi) is 4.43. The molecule has 1 aromatic carbocycles. The highest BCUT2D eigenvalue weighted by molar-refractivity contribution is 6.16. The van der Waals surface area contributed by atoms with Crippen LogP contribution < -0.4 is 4.74 Å². The number of rotatable bonds is 5. The SMILES string of the molecule is CCOc1ccc(-n2nnc(CCl)c2C(C)C)cc1. The van der Waals surface area contributed by atoms with E-state index in [2.05, 4.69) is 24.2 Å². The zero-order chi connectivity index (χ0) is 13.8. The molecule has 0 unspecified atom stereocenters. The van der Waals surface area contributed by atoms with Gasteiger partial charge in [-0.25, -0.2) is 4.68 Å². The number of halogens is 1. The van der Waals surface area contributed by atoms with E-state index in [9.17, 15) is 0 Å². The van der Waals surface area contributed by atoms with E-state index in [4.69, 9.17) is 16.3 Å². The maximum Gasteiger partial charge on any atom is 0.119 e. The summed E-state index contributed by atoms with van der Waals surface area (Å²) >= 11 is 5.91. The van der Waals surface area contributed by atoms with Gasteiger partial charge in [0.25, 0.3) is 0 Å². The van der Waals surface area contributed by atoms with E-state index < -0.39 is 0 Å². The van der Waals surface area contributed by atoms with Crippen molar-refractivity contribution in [2.45, 2.75) is 32.6 Å². The molecule has 19 heavy (non-hydrogen) atoms. The van der Waals surface area contributed by atoms with Gasteiger partial charge in [-0.3, -0.25) is 0 Å². The van der Waals surface area contributed by atoms with Crippen molar-refractivity contribution in [1.29, 1.82) is 0 Å². The highest BCUT2D eigenvalue weighted by Gasteiger charge is 2.16. The lowest BCUT2D eigenvalue weighted by atomic mass is 10.1. The summed E-state index contributed by atoms with van der Waals surface area (Å²) < 4.78 is 7.28. The topological polar surface area (TPSA) is 39.9 Å². The third-order valence-corrected chi connectivity index (χ3v) is 3.10. The van der Waals surface area contributed by atoms with Crippen molar-refractivity contribution in [2.75, 3.05) is 6.61 Å². The minimum absolute atomic E-state index is 0.315. The van der Waals surface area contributed by atoms with Crippen molar-refractivity contribution in [3.05, 3.63) is 35.7 Å². The molecule has 5 heteroatoms. The Morgan fingerprint density at radius 3 is 2.47 bits per heavy atom. The standard InChI is InChI=1S/C14H18ClN3O/c1-4-19-12-7-5-11(6-8-12)18-14(10(2)3)13(9-15)16-17-18/h5-8,10H,4,9H2,1-3H3. The van der Waals surface area contributed by atoms with Gasteiger partial charge in [0.2, 0.25) is 0 Å². The first kappa shape index (κ1) is 13.9. The molecule has 2 rings (SSSR count). The van der Waals surface area contributed by atoms with Crippen molar-refractivity contribution >= 4 is 11.6 Å². The molecule has 0 bridgehead atoms. The fourth-order valence-electron chi connectivity index (χ4n) is 2.03. The second-order valence-electron chi connectivity index (χ2n) is 4.55. The number of nitrogens with zero attached hydrogens (tertiary/aromatic N) is 3. The van der Waals surface area contributed by atoms with Crippen LogP contribution in [0.3, 0.4) is 0 Å². The normalized spacial score (nSPS) is 11.0. The summed E-state index contributed by atoms with van der Waals surface area (Å²) in [6, 6.07) is 7.82. The molecule has 1 aromatic heterocycles. The maximum atomic E-state index is 5.91. The molecule has 0 fully saturated rings. The number of benzene rings is 1. The Bertz CT molecular complexity index is 534. The van der Waals surface area contributed by atoms with Crippen molar-refractivity contribution in [3.63, 3.8) is 0 Å². The van der Waals surface area contributed by atoms with Gasteiger partial charge in [-0.15, -0.1) is 16.7 Å². The van der Waals surface area contributed by atoms with Gasteiger partial charge in [0.1, 0.15) is 11.4 Å². The van der Waals surface area contributed by atoms with Crippen LogP contribution in [0.1, 0.15) is 38.1 Å². The van der Waals surface area contributed by atoms with Crippen LogP contribution in [-0.2, 0) is 5.88 Å². The van der Waals surface area contributed by atoms with E-state index in [1.165, 1.54) is 0 Å². The first-order chi connectivity index (χ1) is 9.17. The van der Waals surface area contributed by atoms with Gasteiger partial charge in [-0.05, 0) is 37.1 Å². The second kappa shape index (κ2) is 6.06. The van der Waals surface area contributed by atoms with Gasteiger partial charge in [-0.2, -0.15) is 0 Å². The lowest BCUT2D eigenvalue weighted by Gasteiger charge is -2.11. The van der Waals surface area contributed by atoms with Crippen LogP contribution in [-0.4, -0.2) is 21.6 Å².